The Hall–Kier alpha value is -4.85. The van der Waals surface area contributed by atoms with Gasteiger partial charge in [-0.25, -0.2) is 0 Å². The molecule has 0 atom stereocenters. The summed E-state index contributed by atoms with van der Waals surface area (Å²) in [6, 6.07) is 17.5. The van der Waals surface area contributed by atoms with Crippen molar-refractivity contribution in [2.24, 2.45) is 4.99 Å². The van der Waals surface area contributed by atoms with Gasteiger partial charge in [0.15, 0.2) is 0 Å². The SMILES string of the molecule is C=Nc1cc(O)ccc1O.CC(c1cc(O)c(C(C)(C)C)cc1O)c1cc(O)c(C(C)(C)C)cc1O.Cc1ccccc1O. The van der Waals surface area contributed by atoms with Crippen molar-refractivity contribution in [2.75, 3.05) is 0 Å². The maximum Gasteiger partial charge on any atom is 0.141 e. The Balaban J connectivity index is 0.000000302. The standard InChI is InChI=1S/C22H30O4.C7H7NO2.C7H8O/c1-12(13-8-19(25)15(10-17(13)23)21(2,3)4)14-9-20(26)16(11-18(14)24)22(5,6)7;1-8-6-4-5(9)2-3-7(6)10;1-6-4-2-3-5-7(6)8/h8-12,23-26H,1-7H3;2-4,9-10H,1H2;2-5,8H,1H3. The average molecular weight is 604 g/mol. The quantitative estimate of drug-likeness (QED) is 0.0916. The summed E-state index contributed by atoms with van der Waals surface area (Å²) in [6.45, 7) is 18.6. The van der Waals surface area contributed by atoms with Gasteiger partial charge in [0.2, 0.25) is 0 Å². The van der Waals surface area contributed by atoms with Gasteiger partial charge in [-0.3, -0.25) is 4.99 Å². The van der Waals surface area contributed by atoms with E-state index < -0.39 is 5.92 Å². The lowest BCUT2D eigenvalue weighted by atomic mass is 9.81. The summed E-state index contributed by atoms with van der Waals surface area (Å²) in [5.74, 6) is 0.368. The molecule has 0 unspecified atom stereocenters. The zero-order chi connectivity index (χ0) is 33.6. The zero-order valence-corrected chi connectivity index (χ0v) is 26.7. The molecule has 44 heavy (non-hydrogen) atoms. The molecule has 0 aromatic heterocycles. The lowest BCUT2D eigenvalue weighted by Gasteiger charge is -2.25. The third kappa shape index (κ3) is 9.07. The average Bonchev–Trinajstić information content (AvgIpc) is 2.93. The van der Waals surface area contributed by atoms with Crippen molar-refractivity contribution in [2.45, 2.75) is 72.1 Å². The van der Waals surface area contributed by atoms with Gasteiger partial charge in [-0.2, -0.15) is 0 Å². The summed E-state index contributed by atoms with van der Waals surface area (Å²) in [4.78, 5) is 3.47. The van der Waals surface area contributed by atoms with E-state index in [9.17, 15) is 20.4 Å². The zero-order valence-electron chi connectivity index (χ0n) is 26.7. The Morgan fingerprint density at radius 3 is 1.36 bits per heavy atom. The maximum atomic E-state index is 10.5. The van der Waals surface area contributed by atoms with Crippen LogP contribution in [-0.2, 0) is 10.8 Å². The van der Waals surface area contributed by atoms with Crippen LogP contribution in [0.5, 0.6) is 40.2 Å². The van der Waals surface area contributed by atoms with E-state index in [0.717, 1.165) is 5.56 Å². The highest BCUT2D eigenvalue weighted by molar-refractivity contribution is 5.58. The summed E-state index contributed by atoms with van der Waals surface area (Å²) in [7, 11) is 0. The van der Waals surface area contributed by atoms with Gasteiger partial charge >= 0.3 is 0 Å². The number of nitrogens with zero attached hydrogens (tertiary/aromatic N) is 1. The summed E-state index contributed by atoms with van der Waals surface area (Å²) < 4.78 is 0. The molecule has 0 radical (unpaired) electrons. The van der Waals surface area contributed by atoms with Crippen LogP contribution in [0, 0.1) is 6.92 Å². The molecule has 8 nitrogen and oxygen atoms in total. The topological polar surface area (TPSA) is 154 Å². The Kier molecular flexibility index (Phi) is 11.3. The highest BCUT2D eigenvalue weighted by Gasteiger charge is 2.26. The van der Waals surface area contributed by atoms with Crippen molar-refractivity contribution in [1.82, 2.24) is 0 Å². The number of rotatable bonds is 3. The first-order valence-corrected chi connectivity index (χ1v) is 14.1. The smallest absolute Gasteiger partial charge is 0.141 e. The number of phenolic OH excluding ortho intramolecular Hbond substituents is 7. The van der Waals surface area contributed by atoms with Crippen LogP contribution in [0.4, 0.5) is 5.69 Å². The number of phenols is 7. The Morgan fingerprint density at radius 2 is 1.02 bits per heavy atom. The fourth-order valence-electron chi connectivity index (χ4n) is 4.45. The van der Waals surface area contributed by atoms with E-state index in [1.165, 1.54) is 30.3 Å². The van der Waals surface area contributed by atoms with Crippen molar-refractivity contribution in [1.29, 1.82) is 0 Å². The van der Waals surface area contributed by atoms with Gasteiger partial charge in [0, 0.05) is 34.2 Å². The van der Waals surface area contributed by atoms with Crippen LogP contribution >= 0.6 is 0 Å². The number of aromatic hydroxyl groups is 7. The molecule has 8 heteroatoms. The van der Waals surface area contributed by atoms with Crippen LogP contribution in [-0.4, -0.2) is 42.5 Å². The molecule has 4 aromatic rings. The molecule has 0 amide bonds. The van der Waals surface area contributed by atoms with Crippen molar-refractivity contribution < 1.29 is 35.7 Å². The van der Waals surface area contributed by atoms with Crippen LogP contribution in [0.2, 0.25) is 0 Å². The monoisotopic (exact) mass is 603 g/mol. The maximum absolute atomic E-state index is 10.5. The molecule has 0 heterocycles. The lowest BCUT2D eigenvalue weighted by molar-refractivity contribution is 0.424. The van der Waals surface area contributed by atoms with E-state index in [1.54, 1.807) is 18.2 Å². The fourth-order valence-corrected chi connectivity index (χ4v) is 4.45. The third-order valence-corrected chi connectivity index (χ3v) is 7.08. The highest BCUT2D eigenvalue weighted by Crippen LogP contribution is 2.44. The van der Waals surface area contributed by atoms with E-state index in [2.05, 4.69) is 11.7 Å². The minimum atomic E-state index is -0.408. The Bertz CT molecular complexity index is 1510. The number of hydrogen-bond acceptors (Lipinski definition) is 8. The van der Waals surface area contributed by atoms with Crippen LogP contribution in [0.25, 0.3) is 0 Å². The molecule has 0 saturated carbocycles. The molecule has 0 aliphatic heterocycles. The number of para-hydroxylation sites is 1. The van der Waals surface area contributed by atoms with Gasteiger partial charge in [0.1, 0.15) is 45.9 Å². The molecule has 4 rings (SSSR count). The van der Waals surface area contributed by atoms with Gasteiger partial charge < -0.3 is 35.7 Å². The van der Waals surface area contributed by atoms with Crippen molar-refractivity contribution in [3.63, 3.8) is 0 Å². The molecule has 0 spiro atoms. The van der Waals surface area contributed by atoms with Crippen molar-refractivity contribution in [3.8, 4) is 40.2 Å². The molecule has 0 fully saturated rings. The fraction of sp³-hybridized carbons (Fsp3) is 0.306. The van der Waals surface area contributed by atoms with Crippen molar-refractivity contribution in [3.05, 3.63) is 94.5 Å². The van der Waals surface area contributed by atoms with Gasteiger partial charge in [-0.15, -0.1) is 0 Å². The molecular formula is C36H45NO7. The normalized spacial score (nSPS) is 11.2. The molecule has 0 bridgehead atoms. The summed E-state index contributed by atoms with van der Waals surface area (Å²) >= 11 is 0. The van der Waals surface area contributed by atoms with E-state index in [4.69, 9.17) is 15.3 Å². The third-order valence-electron chi connectivity index (χ3n) is 7.08. The molecule has 0 saturated heterocycles. The van der Waals surface area contributed by atoms with E-state index in [1.807, 2.05) is 73.6 Å². The first kappa shape index (κ1) is 35.3. The van der Waals surface area contributed by atoms with Crippen LogP contribution < -0.4 is 0 Å². The van der Waals surface area contributed by atoms with Gasteiger partial charge in [0.25, 0.3) is 0 Å². The van der Waals surface area contributed by atoms with E-state index in [0.29, 0.717) is 33.7 Å². The van der Waals surface area contributed by atoms with Gasteiger partial charge in [0.05, 0.1) is 0 Å². The molecule has 236 valence electrons. The number of benzene rings is 4. The molecular weight excluding hydrogens is 558 g/mol. The second-order valence-corrected chi connectivity index (χ2v) is 12.7. The van der Waals surface area contributed by atoms with Crippen LogP contribution in [0.1, 0.15) is 82.2 Å². The first-order valence-electron chi connectivity index (χ1n) is 14.1. The van der Waals surface area contributed by atoms with Gasteiger partial charge in [-0.05, 0) is 72.5 Å². The number of aliphatic imine (C=N–C) groups is 1. The molecule has 7 N–H and O–H groups in total. The molecule has 4 aromatic carbocycles. The van der Waals surface area contributed by atoms with Crippen molar-refractivity contribution >= 4 is 12.4 Å². The summed E-state index contributed by atoms with van der Waals surface area (Å²) in [5, 5.41) is 68.6. The second kappa shape index (κ2) is 14.1. The minimum absolute atomic E-state index is 0.0211. The summed E-state index contributed by atoms with van der Waals surface area (Å²) in [5.41, 5.74) is 2.90. The predicted molar refractivity (Wildman–Crippen MR) is 176 cm³/mol. The van der Waals surface area contributed by atoms with Crippen LogP contribution in [0.15, 0.2) is 71.7 Å². The molecule has 0 aliphatic rings. The van der Waals surface area contributed by atoms with Crippen LogP contribution in [0.3, 0.4) is 0 Å². The van der Waals surface area contributed by atoms with E-state index in [-0.39, 0.29) is 45.3 Å². The largest absolute Gasteiger partial charge is 0.508 e. The second-order valence-electron chi connectivity index (χ2n) is 12.7. The Morgan fingerprint density at radius 1 is 0.568 bits per heavy atom. The highest BCUT2D eigenvalue weighted by atomic mass is 16.3. The minimum Gasteiger partial charge on any atom is -0.508 e. The first-order chi connectivity index (χ1) is 20.3. The Labute approximate surface area is 259 Å². The number of hydrogen-bond donors (Lipinski definition) is 7. The number of aryl methyl sites for hydroxylation is 1. The lowest BCUT2D eigenvalue weighted by Crippen LogP contribution is -2.12. The predicted octanol–water partition coefficient (Wildman–Crippen LogP) is 8.39. The summed E-state index contributed by atoms with van der Waals surface area (Å²) in [6.07, 6.45) is 0. The van der Waals surface area contributed by atoms with E-state index >= 15 is 0 Å². The van der Waals surface area contributed by atoms with Gasteiger partial charge in [-0.1, -0.05) is 66.7 Å². The molecule has 0 aliphatic carbocycles.